The largest absolute Gasteiger partial charge is 0.497 e. The van der Waals surface area contributed by atoms with Crippen LogP contribution in [0.2, 0.25) is 0 Å². The average molecular weight is 426 g/mol. The van der Waals surface area contributed by atoms with E-state index >= 15 is 0 Å². The Hall–Kier alpha value is -2.93. The number of ether oxygens (including phenoxy) is 3. The van der Waals surface area contributed by atoms with Gasteiger partial charge in [-0.05, 0) is 42.3 Å². The van der Waals surface area contributed by atoms with E-state index in [2.05, 4.69) is 39.4 Å². The lowest BCUT2D eigenvalue weighted by Crippen LogP contribution is -2.61. The number of nitrogens with zero attached hydrogens (tertiary/aromatic N) is 2. The van der Waals surface area contributed by atoms with Gasteiger partial charge in [-0.3, -0.25) is 4.79 Å². The number of hydrogen-bond donors (Lipinski definition) is 1. The van der Waals surface area contributed by atoms with Crippen LogP contribution in [0.1, 0.15) is 5.56 Å². The zero-order chi connectivity index (χ0) is 21.8. The lowest BCUT2D eigenvalue weighted by Gasteiger charge is -2.49. The van der Waals surface area contributed by atoms with Crippen LogP contribution in [-0.2, 0) is 16.0 Å². The summed E-state index contributed by atoms with van der Waals surface area (Å²) >= 11 is 0. The number of fused-ring (bicyclic) bond motifs is 3. The Labute approximate surface area is 183 Å². The molecule has 31 heavy (non-hydrogen) atoms. The molecule has 1 amide bonds. The number of anilines is 2. The number of amides is 1. The molecule has 0 bridgehead atoms. The smallest absolute Gasteiger partial charge is 0.225 e. The molecule has 2 unspecified atom stereocenters. The fourth-order valence-corrected chi connectivity index (χ4v) is 4.64. The van der Waals surface area contributed by atoms with Crippen LogP contribution in [0.25, 0.3) is 0 Å². The number of carbonyl (C=O) groups excluding carboxylic acids is 1. The minimum Gasteiger partial charge on any atom is -0.497 e. The third-order valence-corrected chi connectivity index (χ3v) is 6.30. The second kappa shape index (κ2) is 9.47. The van der Waals surface area contributed by atoms with Crippen LogP contribution in [-0.4, -0.2) is 66.1 Å². The first kappa shape index (κ1) is 21.3. The fourth-order valence-electron chi connectivity index (χ4n) is 4.64. The van der Waals surface area contributed by atoms with Gasteiger partial charge in [-0.15, -0.1) is 0 Å². The van der Waals surface area contributed by atoms with Crippen molar-refractivity contribution in [1.82, 2.24) is 5.32 Å². The van der Waals surface area contributed by atoms with E-state index in [1.165, 1.54) is 11.3 Å². The van der Waals surface area contributed by atoms with Crippen molar-refractivity contribution in [3.05, 3.63) is 48.0 Å². The van der Waals surface area contributed by atoms with Crippen LogP contribution in [0.15, 0.2) is 42.5 Å². The highest BCUT2D eigenvalue weighted by atomic mass is 16.5. The van der Waals surface area contributed by atoms with Gasteiger partial charge in [-0.2, -0.15) is 0 Å². The highest BCUT2D eigenvalue weighted by molar-refractivity contribution is 5.82. The molecule has 2 aliphatic rings. The third-order valence-electron chi connectivity index (χ3n) is 6.30. The molecule has 0 radical (unpaired) electrons. The minimum absolute atomic E-state index is 0.0815. The predicted octanol–water partition coefficient (Wildman–Crippen LogP) is 2.33. The summed E-state index contributed by atoms with van der Waals surface area (Å²) in [5.74, 6) is 1.65. The maximum atomic E-state index is 13.1. The monoisotopic (exact) mass is 425 g/mol. The van der Waals surface area contributed by atoms with Crippen molar-refractivity contribution in [2.24, 2.45) is 5.92 Å². The summed E-state index contributed by atoms with van der Waals surface area (Å²) in [4.78, 5) is 17.9. The van der Waals surface area contributed by atoms with E-state index in [-0.39, 0.29) is 17.9 Å². The molecule has 0 saturated carbocycles. The average Bonchev–Trinajstić information content (AvgIpc) is 2.83. The van der Waals surface area contributed by atoms with Crippen molar-refractivity contribution in [1.29, 1.82) is 0 Å². The number of carbonyl (C=O) groups is 1. The Kier molecular flexibility index (Phi) is 6.51. The zero-order valence-corrected chi connectivity index (χ0v) is 18.5. The Morgan fingerprint density at radius 2 is 1.77 bits per heavy atom. The molecule has 2 aromatic rings. The summed E-state index contributed by atoms with van der Waals surface area (Å²) in [5, 5.41) is 3.06. The molecule has 0 aliphatic carbocycles. The predicted molar refractivity (Wildman–Crippen MR) is 121 cm³/mol. The van der Waals surface area contributed by atoms with Crippen LogP contribution in [0.5, 0.6) is 11.5 Å². The normalized spacial score (nSPS) is 20.0. The van der Waals surface area contributed by atoms with E-state index in [0.29, 0.717) is 13.2 Å². The van der Waals surface area contributed by atoms with Crippen LogP contribution in [0.3, 0.4) is 0 Å². The molecule has 2 aromatic carbocycles. The minimum atomic E-state index is -0.126. The third kappa shape index (κ3) is 4.42. The maximum Gasteiger partial charge on any atom is 0.225 e. The molecule has 1 N–H and O–H groups in total. The van der Waals surface area contributed by atoms with E-state index in [9.17, 15) is 4.79 Å². The van der Waals surface area contributed by atoms with Gasteiger partial charge < -0.3 is 29.3 Å². The first-order valence-corrected chi connectivity index (χ1v) is 10.7. The fraction of sp³-hybridized carbons (Fsp3) is 0.458. The number of hydrogen-bond acceptors (Lipinski definition) is 6. The summed E-state index contributed by atoms with van der Waals surface area (Å²) in [6, 6.07) is 14.4. The Morgan fingerprint density at radius 1 is 1.03 bits per heavy atom. The second-order valence-electron chi connectivity index (χ2n) is 7.99. The van der Waals surface area contributed by atoms with E-state index < -0.39 is 0 Å². The van der Waals surface area contributed by atoms with Gasteiger partial charge in [0.2, 0.25) is 5.91 Å². The van der Waals surface area contributed by atoms with Crippen molar-refractivity contribution in [2.45, 2.75) is 12.5 Å². The Bertz CT molecular complexity index is 902. The summed E-state index contributed by atoms with van der Waals surface area (Å²) in [5.41, 5.74) is 3.52. The maximum absolute atomic E-state index is 13.1. The number of methoxy groups -OCH3 is 3. The van der Waals surface area contributed by atoms with Gasteiger partial charge in [0.1, 0.15) is 11.5 Å². The standard InChI is InChI=1S/C24H31N3O4/c1-29-13-10-25-24(28)21-14-17-4-7-20(31-3)15-22(17)27-12-11-26(16-23(21)27)18-5-8-19(30-2)9-6-18/h4-9,15,21,23H,10-14,16H2,1-3H3,(H,25,28). The first-order valence-electron chi connectivity index (χ1n) is 10.7. The Balaban J connectivity index is 1.61. The Morgan fingerprint density at radius 3 is 2.48 bits per heavy atom. The lowest BCUT2D eigenvalue weighted by atomic mass is 9.83. The number of benzene rings is 2. The van der Waals surface area contributed by atoms with Gasteiger partial charge >= 0.3 is 0 Å². The van der Waals surface area contributed by atoms with Crippen LogP contribution < -0.4 is 24.6 Å². The summed E-state index contributed by atoms with van der Waals surface area (Å²) in [7, 11) is 5.01. The van der Waals surface area contributed by atoms with Crippen molar-refractivity contribution in [3.8, 4) is 11.5 Å². The number of rotatable bonds is 7. The molecule has 0 aromatic heterocycles. The van der Waals surface area contributed by atoms with Gasteiger partial charge in [-0.25, -0.2) is 0 Å². The molecule has 0 spiro atoms. The highest BCUT2D eigenvalue weighted by Crippen LogP contribution is 2.39. The van der Waals surface area contributed by atoms with Gasteiger partial charge in [0, 0.05) is 50.7 Å². The molecule has 1 saturated heterocycles. The first-order chi connectivity index (χ1) is 15.1. The highest BCUT2D eigenvalue weighted by Gasteiger charge is 2.41. The SMILES string of the molecule is COCCNC(=O)C1Cc2ccc(OC)cc2N2CCN(c3ccc(OC)cc3)CC12. The van der Waals surface area contributed by atoms with Gasteiger partial charge in [-0.1, -0.05) is 6.07 Å². The molecule has 2 aliphatic heterocycles. The van der Waals surface area contributed by atoms with E-state index in [4.69, 9.17) is 14.2 Å². The molecule has 2 heterocycles. The quantitative estimate of drug-likeness (QED) is 0.687. The van der Waals surface area contributed by atoms with Crippen LogP contribution >= 0.6 is 0 Å². The molecular weight excluding hydrogens is 394 g/mol. The van der Waals surface area contributed by atoms with Crippen molar-refractivity contribution in [3.63, 3.8) is 0 Å². The van der Waals surface area contributed by atoms with Crippen LogP contribution in [0, 0.1) is 5.92 Å². The molecule has 7 nitrogen and oxygen atoms in total. The molecule has 1 fully saturated rings. The number of piperazine rings is 1. The molecule has 7 heteroatoms. The van der Waals surface area contributed by atoms with Gasteiger partial charge in [0.15, 0.2) is 0 Å². The molecule has 4 rings (SSSR count). The van der Waals surface area contributed by atoms with E-state index in [1.54, 1.807) is 21.3 Å². The number of nitrogens with one attached hydrogen (secondary N) is 1. The zero-order valence-electron chi connectivity index (χ0n) is 18.5. The molecule has 166 valence electrons. The second-order valence-corrected chi connectivity index (χ2v) is 7.99. The van der Waals surface area contributed by atoms with Crippen molar-refractivity contribution >= 4 is 17.3 Å². The molecule has 2 atom stereocenters. The summed E-state index contributed by atoms with van der Waals surface area (Å²) < 4.78 is 15.9. The summed E-state index contributed by atoms with van der Waals surface area (Å²) in [6.07, 6.45) is 0.718. The van der Waals surface area contributed by atoms with Crippen molar-refractivity contribution < 1.29 is 19.0 Å². The van der Waals surface area contributed by atoms with E-state index in [1.807, 2.05) is 18.2 Å². The van der Waals surface area contributed by atoms with Crippen LogP contribution in [0.4, 0.5) is 11.4 Å². The van der Waals surface area contributed by atoms with Crippen molar-refractivity contribution in [2.75, 3.05) is 63.9 Å². The van der Waals surface area contributed by atoms with Gasteiger partial charge in [0.05, 0.1) is 32.8 Å². The lowest BCUT2D eigenvalue weighted by molar-refractivity contribution is -0.126. The van der Waals surface area contributed by atoms with E-state index in [0.717, 1.165) is 43.2 Å². The van der Waals surface area contributed by atoms with Gasteiger partial charge in [0.25, 0.3) is 0 Å². The summed E-state index contributed by atoms with van der Waals surface area (Å²) in [6.45, 7) is 3.55. The molecular formula is C24H31N3O4. The topological polar surface area (TPSA) is 63.3 Å².